The molecule has 1 amide bonds. The predicted octanol–water partition coefficient (Wildman–Crippen LogP) is 5.82. The highest BCUT2D eigenvalue weighted by molar-refractivity contribution is 6.32. The Hall–Kier alpha value is -3.23. The lowest BCUT2D eigenvalue weighted by atomic mass is 9.85. The van der Waals surface area contributed by atoms with Crippen LogP contribution in [-0.2, 0) is 4.79 Å². The predicted molar refractivity (Wildman–Crippen MR) is 149 cm³/mol. The highest BCUT2D eigenvalue weighted by Crippen LogP contribution is 2.37. The third-order valence-electron chi connectivity index (χ3n) is 6.98. The number of aromatic hydroxyl groups is 1. The fourth-order valence-electron chi connectivity index (χ4n) is 4.75. The Kier molecular flexibility index (Phi) is 7.95. The molecule has 0 saturated heterocycles. The second kappa shape index (κ2) is 10.9. The van der Waals surface area contributed by atoms with E-state index in [9.17, 15) is 19.1 Å². The monoisotopic (exact) mass is 540 g/mol. The lowest BCUT2D eigenvalue weighted by Crippen LogP contribution is -2.46. The molecule has 1 unspecified atom stereocenters. The topological polar surface area (TPSA) is 117 Å². The molecule has 1 saturated carbocycles. The molecule has 0 radical (unpaired) electrons. The molecule has 3 aromatic rings. The molecule has 5 N–H and O–H groups in total. The molecule has 9 heteroatoms. The van der Waals surface area contributed by atoms with E-state index in [4.69, 9.17) is 17.3 Å². The van der Waals surface area contributed by atoms with Crippen molar-refractivity contribution in [3.8, 4) is 16.9 Å². The number of fused-ring (bicyclic) bond motifs is 1. The van der Waals surface area contributed by atoms with Gasteiger partial charge in [0.2, 0.25) is 5.91 Å². The van der Waals surface area contributed by atoms with Crippen molar-refractivity contribution >= 4 is 39.9 Å². The quantitative estimate of drug-likeness (QED) is 0.293. The van der Waals surface area contributed by atoms with Crippen molar-refractivity contribution in [3.05, 3.63) is 52.9 Å². The van der Waals surface area contributed by atoms with Crippen molar-refractivity contribution in [2.24, 2.45) is 11.1 Å². The van der Waals surface area contributed by atoms with Crippen LogP contribution in [0.1, 0.15) is 63.7 Å². The van der Waals surface area contributed by atoms with E-state index >= 15 is 0 Å². The number of ketones is 1. The van der Waals surface area contributed by atoms with Crippen LogP contribution in [0.2, 0.25) is 5.02 Å². The van der Waals surface area contributed by atoms with E-state index in [1.165, 1.54) is 12.1 Å². The van der Waals surface area contributed by atoms with Crippen molar-refractivity contribution < 1.29 is 19.1 Å². The minimum atomic E-state index is -0.811. The normalized spacial score (nSPS) is 18.7. The molecule has 1 heterocycles. The average molecular weight is 541 g/mol. The number of rotatable bonds is 6. The largest absolute Gasteiger partial charge is 0.504 e. The number of nitrogens with zero attached hydrogens (tertiary/aromatic N) is 1. The van der Waals surface area contributed by atoms with Gasteiger partial charge in [-0.2, -0.15) is 0 Å². The third-order valence-corrected chi connectivity index (χ3v) is 7.27. The Balaban J connectivity index is 1.72. The first kappa shape index (κ1) is 27.8. The fourth-order valence-corrected chi connectivity index (χ4v) is 4.96. The van der Waals surface area contributed by atoms with Gasteiger partial charge in [0, 0.05) is 29.1 Å². The molecular weight excluding hydrogens is 507 g/mol. The number of hydrogen-bond donors (Lipinski definition) is 4. The molecule has 0 spiro atoms. The third kappa shape index (κ3) is 5.92. The van der Waals surface area contributed by atoms with Crippen molar-refractivity contribution in [3.63, 3.8) is 0 Å². The molecule has 1 fully saturated rings. The molecule has 38 heavy (non-hydrogen) atoms. The number of nitrogens with two attached hydrogens (primary N) is 1. The number of anilines is 1. The van der Waals surface area contributed by atoms with Gasteiger partial charge in [0.25, 0.3) is 0 Å². The summed E-state index contributed by atoms with van der Waals surface area (Å²) in [5, 5.41) is 17.0. The van der Waals surface area contributed by atoms with E-state index in [1.54, 1.807) is 19.2 Å². The summed E-state index contributed by atoms with van der Waals surface area (Å²) in [4.78, 5) is 30.0. The molecule has 0 bridgehead atoms. The van der Waals surface area contributed by atoms with Gasteiger partial charge < -0.3 is 21.5 Å². The van der Waals surface area contributed by atoms with Crippen LogP contribution in [0.5, 0.6) is 5.75 Å². The maximum Gasteiger partial charge on any atom is 0.236 e. The molecule has 7 nitrogen and oxygen atoms in total. The van der Waals surface area contributed by atoms with E-state index in [-0.39, 0.29) is 28.8 Å². The number of halogens is 2. The summed E-state index contributed by atoms with van der Waals surface area (Å²) in [6.07, 6.45) is 4.80. The molecule has 2 aromatic carbocycles. The molecule has 1 atom stereocenters. The van der Waals surface area contributed by atoms with Gasteiger partial charge in [0.1, 0.15) is 0 Å². The number of Topliss-reactive ketones (excluding diaryl/α,β-unsaturated/α-hetero) is 1. The van der Waals surface area contributed by atoms with Crippen LogP contribution < -0.4 is 16.4 Å². The summed E-state index contributed by atoms with van der Waals surface area (Å²) < 4.78 is 14.2. The Morgan fingerprint density at radius 3 is 2.37 bits per heavy atom. The highest BCUT2D eigenvalue weighted by Gasteiger charge is 2.29. The minimum absolute atomic E-state index is 0.0450. The van der Waals surface area contributed by atoms with Crippen molar-refractivity contribution in [1.29, 1.82) is 0 Å². The summed E-state index contributed by atoms with van der Waals surface area (Å²) in [6.45, 7) is 7.27. The van der Waals surface area contributed by atoms with Gasteiger partial charge in [-0.1, -0.05) is 38.4 Å². The zero-order valence-corrected chi connectivity index (χ0v) is 22.8. The number of pyridine rings is 1. The van der Waals surface area contributed by atoms with E-state index in [2.05, 4.69) is 15.6 Å². The second-order valence-corrected chi connectivity index (χ2v) is 11.5. The van der Waals surface area contributed by atoms with Crippen LogP contribution in [0, 0.1) is 11.2 Å². The summed E-state index contributed by atoms with van der Waals surface area (Å²) in [6, 6.07) is 7.82. The van der Waals surface area contributed by atoms with Crippen molar-refractivity contribution in [2.45, 2.75) is 71.5 Å². The van der Waals surface area contributed by atoms with Crippen molar-refractivity contribution in [2.75, 3.05) is 5.32 Å². The summed E-state index contributed by atoms with van der Waals surface area (Å²) >= 11 is 6.03. The number of carbonyl (C=O) groups is 2. The minimum Gasteiger partial charge on any atom is -0.504 e. The number of hydrogen-bond acceptors (Lipinski definition) is 6. The highest BCUT2D eigenvalue weighted by atomic mass is 35.5. The Morgan fingerprint density at radius 1 is 1.11 bits per heavy atom. The summed E-state index contributed by atoms with van der Waals surface area (Å²) in [7, 11) is 0. The van der Waals surface area contributed by atoms with Gasteiger partial charge in [-0.15, -0.1) is 0 Å². The van der Waals surface area contributed by atoms with E-state index in [0.29, 0.717) is 27.9 Å². The average Bonchev–Trinajstić information content (AvgIpc) is 2.87. The van der Waals surface area contributed by atoms with Gasteiger partial charge >= 0.3 is 0 Å². The lowest BCUT2D eigenvalue weighted by Gasteiger charge is -2.32. The Bertz CT molecular complexity index is 1360. The first-order valence-electron chi connectivity index (χ1n) is 12.8. The van der Waals surface area contributed by atoms with E-state index < -0.39 is 23.0 Å². The van der Waals surface area contributed by atoms with Gasteiger partial charge in [-0.3, -0.25) is 14.6 Å². The second-order valence-electron chi connectivity index (χ2n) is 11.1. The van der Waals surface area contributed by atoms with Gasteiger partial charge in [-0.25, -0.2) is 4.39 Å². The maximum atomic E-state index is 14.2. The fraction of sp³-hybridized carbons (Fsp3) is 0.414. The number of amides is 1. The number of nitrogens with one attached hydrogen (secondary N) is 2. The van der Waals surface area contributed by atoms with Crippen LogP contribution in [-0.4, -0.2) is 39.9 Å². The number of benzene rings is 2. The van der Waals surface area contributed by atoms with Crippen molar-refractivity contribution in [1.82, 2.24) is 10.3 Å². The SMILES string of the molecule is CC(N)C(=O)N[C@H]1CC[C@H](Nc2c(C(=O)C(C)(C)C)cnc3ccc(-c4cc(F)c(O)c(Cl)c4)cc23)CC1. The number of carbonyl (C=O) groups excluding carboxylic acids is 2. The Morgan fingerprint density at radius 2 is 1.76 bits per heavy atom. The smallest absolute Gasteiger partial charge is 0.236 e. The standard InChI is InChI=1S/C29H34ClFN4O3/c1-15(32)28(38)35-19-8-6-18(7-9-19)34-25-20-11-16(17-12-22(30)26(36)23(31)13-17)5-10-24(20)33-14-21(25)27(37)29(2,3)4/h5,10-15,18-19,36H,6-9,32H2,1-4H3,(H,33,34)(H,35,38)/t15?,18-,19-. The van der Waals surface area contributed by atoms with Gasteiger partial charge in [0.05, 0.1) is 27.8 Å². The van der Waals surface area contributed by atoms with Crippen LogP contribution in [0.4, 0.5) is 10.1 Å². The first-order chi connectivity index (χ1) is 17.8. The van der Waals surface area contributed by atoms with Crippen LogP contribution >= 0.6 is 11.6 Å². The molecule has 202 valence electrons. The Labute approximate surface area is 227 Å². The lowest BCUT2D eigenvalue weighted by molar-refractivity contribution is -0.122. The van der Waals surface area contributed by atoms with Gasteiger partial charge in [0.15, 0.2) is 17.3 Å². The zero-order valence-electron chi connectivity index (χ0n) is 22.1. The molecule has 1 aromatic heterocycles. The number of phenols is 1. The number of aromatic nitrogens is 1. The van der Waals surface area contributed by atoms with E-state index in [0.717, 1.165) is 31.1 Å². The first-order valence-corrected chi connectivity index (χ1v) is 13.2. The molecule has 0 aliphatic heterocycles. The molecular formula is C29H34ClFN4O3. The zero-order chi connectivity index (χ0) is 27.8. The number of phenolic OH excluding ortho intramolecular Hbond substituents is 1. The molecule has 1 aliphatic rings. The summed E-state index contributed by atoms with van der Waals surface area (Å²) in [5.74, 6) is -1.60. The van der Waals surface area contributed by atoms with Gasteiger partial charge in [-0.05, 0) is 68.0 Å². The van der Waals surface area contributed by atoms with Crippen LogP contribution in [0.25, 0.3) is 22.0 Å². The van der Waals surface area contributed by atoms with Crippen LogP contribution in [0.3, 0.4) is 0 Å². The maximum absolute atomic E-state index is 14.2. The van der Waals surface area contributed by atoms with Crippen LogP contribution in [0.15, 0.2) is 36.5 Å². The molecule has 4 rings (SSSR count). The summed E-state index contributed by atoms with van der Waals surface area (Å²) in [5.41, 5.74) is 8.09. The van der Waals surface area contributed by atoms with E-state index in [1.807, 2.05) is 32.9 Å². The molecule has 1 aliphatic carbocycles.